The zero-order valence-corrected chi connectivity index (χ0v) is 12.8. The number of hydrogen-bond donors (Lipinski definition) is 1. The molecular formula is C16H26O4. The monoisotopic (exact) mass is 282 g/mol. The molecule has 114 valence electrons. The highest BCUT2D eigenvalue weighted by Gasteiger charge is 2.34. The average Bonchev–Trinajstić information content (AvgIpc) is 2.96. The molecule has 1 aliphatic carbocycles. The Morgan fingerprint density at radius 2 is 1.70 bits per heavy atom. The van der Waals surface area contributed by atoms with E-state index >= 15 is 0 Å². The molecule has 0 bridgehead atoms. The predicted octanol–water partition coefficient (Wildman–Crippen LogP) is 3.84. The normalized spacial score (nSPS) is 15.2. The van der Waals surface area contributed by atoms with Gasteiger partial charge >= 0.3 is 11.9 Å². The summed E-state index contributed by atoms with van der Waals surface area (Å²) in [5.74, 6) is -1.37. The number of carbonyl (C=O) groups is 2. The summed E-state index contributed by atoms with van der Waals surface area (Å²) in [5, 5.41) is 8.64. The Morgan fingerprint density at radius 3 is 2.15 bits per heavy atom. The van der Waals surface area contributed by atoms with Gasteiger partial charge in [0, 0.05) is 0 Å². The Morgan fingerprint density at radius 1 is 1.15 bits per heavy atom. The van der Waals surface area contributed by atoms with Crippen molar-refractivity contribution in [2.24, 2.45) is 0 Å². The van der Waals surface area contributed by atoms with E-state index in [9.17, 15) is 9.59 Å². The van der Waals surface area contributed by atoms with Crippen molar-refractivity contribution < 1.29 is 19.4 Å². The van der Waals surface area contributed by atoms with E-state index in [0.29, 0.717) is 0 Å². The molecule has 1 saturated carbocycles. The number of carboxylic acids is 1. The molecule has 0 heterocycles. The molecule has 0 aliphatic heterocycles. The molecule has 0 atom stereocenters. The molecule has 1 aliphatic rings. The van der Waals surface area contributed by atoms with E-state index in [1.165, 1.54) is 24.0 Å². The summed E-state index contributed by atoms with van der Waals surface area (Å²) >= 11 is 0. The fraction of sp³-hybridized carbons (Fsp3) is 0.750. The van der Waals surface area contributed by atoms with Crippen LogP contribution in [0.3, 0.4) is 0 Å². The molecule has 4 heteroatoms. The number of esters is 1. The van der Waals surface area contributed by atoms with Crippen molar-refractivity contribution >= 4 is 11.9 Å². The molecule has 0 aromatic heterocycles. The van der Waals surface area contributed by atoms with Gasteiger partial charge in [-0.15, -0.1) is 0 Å². The van der Waals surface area contributed by atoms with Crippen LogP contribution in [-0.2, 0) is 14.3 Å². The Labute approximate surface area is 121 Å². The van der Waals surface area contributed by atoms with Crippen LogP contribution in [0.2, 0.25) is 0 Å². The third kappa shape index (κ3) is 4.09. The maximum absolute atomic E-state index is 11.9. The summed E-state index contributed by atoms with van der Waals surface area (Å²) < 4.78 is 5.70. The molecule has 0 saturated heterocycles. The van der Waals surface area contributed by atoms with E-state index in [1.54, 1.807) is 0 Å². The Hall–Kier alpha value is -1.32. The van der Waals surface area contributed by atoms with E-state index in [2.05, 4.69) is 6.92 Å². The van der Waals surface area contributed by atoms with Gasteiger partial charge in [0.15, 0.2) is 0 Å². The van der Waals surface area contributed by atoms with Crippen LogP contribution in [0.25, 0.3) is 0 Å². The van der Waals surface area contributed by atoms with Crippen molar-refractivity contribution in [2.75, 3.05) is 0 Å². The van der Waals surface area contributed by atoms with Crippen LogP contribution >= 0.6 is 0 Å². The molecule has 0 spiro atoms. The van der Waals surface area contributed by atoms with Gasteiger partial charge in [0.25, 0.3) is 0 Å². The highest BCUT2D eigenvalue weighted by Crippen LogP contribution is 2.37. The molecule has 0 aromatic carbocycles. The van der Waals surface area contributed by atoms with Crippen molar-refractivity contribution in [2.45, 2.75) is 77.7 Å². The second-order valence-corrected chi connectivity index (χ2v) is 5.50. The summed E-state index contributed by atoms with van der Waals surface area (Å²) in [6.45, 7) is 6.11. The number of carboxylic acid groups (broad SMARTS) is 1. The number of rotatable bonds is 7. The quantitative estimate of drug-likeness (QED) is 0.569. The van der Waals surface area contributed by atoms with Crippen molar-refractivity contribution in [1.29, 1.82) is 0 Å². The van der Waals surface area contributed by atoms with Gasteiger partial charge in [-0.3, -0.25) is 9.59 Å². The minimum atomic E-state index is -0.966. The van der Waals surface area contributed by atoms with Crippen molar-refractivity contribution in [3.8, 4) is 0 Å². The molecule has 0 aromatic rings. The van der Waals surface area contributed by atoms with Crippen LogP contribution in [0.4, 0.5) is 0 Å². The standard InChI is InChI=1S/C16H26O4/c1-4-16(5-2,12(3)13-8-6-7-9-13)20-15(19)11-10-14(17)18/h4-11H2,1-3H3,(H,17,18). The van der Waals surface area contributed by atoms with Crippen molar-refractivity contribution in [1.82, 2.24) is 0 Å². The smallest absolute Gasteiger partial charge is 0.307 e. The van der Waals surface area contributed by atoms with Crippen molar-refractivity contribution in [3.05, 3.63) is 11.1 Å². The van der Waals surface area contributed by atoms with Crippen LogP contribution in [0.15, 0.2) is 11.1 Å². The molecule has 20 heavy (non-hydrogen) atoms. The number of allylic oxidation sites excluding steroid dienone is 1. The summed E-state index contributed by atoms with van der Waals surface area (Å²) in [6, 6.07) is 0. The number of ether oxygens (including phenoxy) is 1. The van der Waals surface area contributed by atoms with Gasteiger partial charge in [-0.2, -0.15) is 0 Å². The van der Waals surface area contributed by atoms with Crippen molar-refractivity contribution in [3.63, 3.8) is 0 Å². The molecule has 0 amide bonds. The van der Waals surface area contributed by atoms with Crippen LogP contribution in [0.5, 0.6) is 0 Å². The second kappa shape index (κ2) is 7.46. The lowest BCUT2D eigenvalue weighted by atomic mass is 9.85. The molecule has 1 rings (SSSR count). The van der Waals surface area contributed by atoms with Crippen LogP contribution in [0.1, 0.15) is 72.1 Å². The molecule has 0 unspecified atom stereocenters. The third-order valence-corrected chi connectivity index (χ3v) is 4.42. The largest absolute Gasteiger partial charge is 0.481 e. The van der Waals surface area contributed by atoms with Gasteiger partial charge < -0.3 is 9.84 Å². The lowest BCUT2D eigenvalue weighted by Gasteiger charge is -2.34. The lowest BCUT2D eigenvalue weighted by Crippen LogP contribution is -2.36. The van der Waals surface area contributed by atoms with Gasteiger partial charge in [0.1, 0.15) is 5.60 Å². The second-order valence-electron chi connectivity index (χ2n) is 5.50. The molecular weight excluding hydrogens is 256 g/mol. The summed E-state index contributed by atoms with van der Waals surface area (Å²) in [4.78, 5) is 22.4. The first kappa shape index (κ1) is 16.7. The van der Waals surface area contributed by atoms with Gasteiger partial charge in [-0.25, -0.2) is 0 Å². The van der Waals surface area contributed by atoms with Gasteiger partial charge in [0.2, 0.25) is 0 Å². The van der Waals surface area contributed by atoms with Gasteiger partial charge in [-0.05, 0) is 51.0 Å². The fourth-order valence-corrected chi connectivity index (χ4v) is 2.98. The van der Waals surface area contributed by atoms with E-state index in [1.807, 2.05) is 13.8 Å². The van der Waals surface area contributed by atoms with E-state index in [4.69, 9.17) is 9.84 Å². The lowest BCUT2D eigenvalue weighted by molar-refractivity contribution is -0.159. The van der Waals surface area contributed by atoms with Gasteiger partial charge in [-0.1, -0.05) is 19.4 Å². The third-order valence-electron chi connectivity index (χ3n) is 4.42. The average molecular weight is 282 g/mol. The van der Waals surface area contributed by atoms with E-state index in [0.717, 1.165) is 25.7 Å². The Balaban J connectivity index is 2.83. The molecule has 1 fully saturated rings. The summed E-state index contributed by atoms with van der Waals surface area (Å²) in [6.07, 6.45) is 5.86. The predicted molar refractivity (Wildman–Crippen MR) is 77.4 cm³/mol. The Kier molecular flexibility index (Phi) is 6.24. The Bertz CT molecular complexity index is 383. The highest BCUT2D eigenvalue weighted by molar-refractivity contribution is 5.77. The first-order valence-corrected chi connectivity index (χ1v) is 7.58. The number of carbonyl (C=O) groups excluding carboxylic acids is 1. The zero-order valence-electron chi connectivity index (χ0n) is 12.8. The minimum absolute atomic E-state index is 0.0559. The molecule has 1 N–H and O–H groups in total. The first-order valence-electron chi connectivity index (χ1n) is 7.58. The molecule has 4 nitrogen and oxygen atoms in total. The topological polar surface area (TPSA) is 63.6 Å². The SMILES string of the molecule is CCC(CC)(OC(=O)CCC(=O)O)C(C)=C1CCCC1. The van der Waals surface area contributed by atoms with E-state index in [-0.39, 0.29) is 12.8 Å². The summed E-state index contributed by atoms with van der Waals surface area (Å²) in [5.41, 5.74) is 2.05. The maximum atomic E-state index is 11.9. The highest BCUT2D eigenvalue weighted by atomic mass is 16.6. The van der Waals surface area contributed by atoms with Crippen LogP contribution < -0.4 is 0 Å². The number of aliphatic carboxylic acids is 1. The van der Waals surface area contributed by atoms with Crippen LogP contribution in [-0.4, -0.2) is 22.6 Å². The maximum Gasteiger partial charge on any atom is 0.307 e. The number of hydrogen-bond acceptors (Lipinski definition) is 3. The molecule has 0 radical (unpaired) electrons. The van der Waals surface area contributed by atoms with E-state index < -0.39 is 17.5 Å². The fourth-order valence-electron chi connectivity index (χ4n) is 2.98. The minimum Gasteiger partial charge on any atom is -0.481 e. The summed E-state index contributed by atoms with van der Waals surface area (Å²) in [7, 11) is 0. The zero-order chi connectivity index (χ0) is 15.2. The first-order chi connectivity index (χ1) is 9.45. The van der Waals surface area contributed by atoms with Crippen LogP contribution in [0, 0.1) is 0 Å². The van der Waals surface area contributed by atoms with Gasteiger partial charge in [0.05, 0.1) is 12.8 Å².